The summed E-state index contributed by atoms with van der Waals surface area (Å²) in [7, 11) is 0. The molecule has 3 heterocycles. The monoisotopic (exact) mass is 511 g/mol. The summed E-state index contributed by atoms with van der Waals surface area (Å²) in [5, 5.41) is 37.4. The highest BCUT2D eigenvalue weighted by atomic mass is 32.2. The van der Waals surface area contributed by atoms with Gasteiger partial charge in [0.15, 0.2) is 0 Å². The van der Waals surface area contributed by atoms with E-state index < -0.39 is 5.91 Å². The first-order chi connectivity index (χ1) is 17.4. The van der Waals surface area contributed by atoms with Crippen LogP contribution >= 0.6 is 11.8 Å². The summed E-state index contributed by atoms with van der Waals surface area (Å²) in [6, 6.07) is 4.99. The first-order valence-electron chi connectivity index (χ1n) is 13.0. The molecule has 192 valence electrons. The Labute approximate surface area is 213 Å². The van der Waals surface area contributed by atoms with Crippen molar-refractivity contribution in [3.8, 4) is 0 Å². The van der Waals surface area contributed by atoms with Gasteiger partial charge in [-0.05, 0) is 55.9 Å². The quantitative estimate of drug-likeness (QED) is 0.292. The van der Waals surface area contributed by atoms with Gasteiger partial charge in [0, 0.05) is 59.7 Å². The number of hydrogen-bond acceptors (Lipinski definition) is 9. The van der Waals surface area contributed by atoms with Crippen LogP contribution in [0.25, 0.3) is 21.8 Å². The van der Waals surface area contributed by atoms with Gasteiger partial charge in [0.05, 0.1) is 6.10 Å². The van der Waals surface area contributed by atoms with Crippen molar-refractivity contribution in [2.24, 2.45) is 5.92 Å². The smallest absolute Gasteiger partial charge is 0.260 e. The number of rotatable bonds is 6. The predicted molar refractivity (Wildman–Crippen MR) is 141 cm³/mol. The number of benzene rings is 1. The molecule has 2 aliphatic carbocycles. The number of aliphatic hydroxyl groups excluding tert-OH is 1. The van der Waals surface area contributed by atoms with Crippen molar-refractivity contribution in [1.29, 1.82) is 0 Å². The Bertz CT molecular complexity index is 1330. The van der Waals surface area contributed by atoms with Crippen LogP contribution in [0.3, 0.4) is 0 Å². The summed E-state index contributed by atoms with van der Waals surface area (Å²) in [6.07, 6.45) is 6.51. The maximum Gasteiger partial charge on any atom is 0.260 e. The van der Waals surface area contributed by atoms with Crippen LogP contribution in [0.1, 0.15) is 50.1 Å². The second-order valence-electron chi connectivity index (χ2n) is 10.4. The number of anilines is 1. The van der Waals surface area contributed by atoms with Crippen LogP contribution in [0, 0.1) is 5.92 Å². The van der Waals surface area contributed by atoms with Crippen molar-refractivity contribution < 1.29 is 15.3 Å². The number of nitrogens with zero attached hydrogens (tertiary/aromatic N) is 4. The fraction of sp³-hybridized carbons (Fsp3) is 0.577. The summed E-state index contributed by atoms with van der Waals surface area (Å²) >= 11 is 1.79. The summed E-state index contributed by atoms with van der Waals surface area (Å²) < 4.78 is 1.76. The summed E-state index contributed by atoms with van der Waals surface area (Å²) in [4.78, 5) is 25.0. The highest BCUT2D eigenvalue weighted by Gasteiger charge is 2.36. The van der Waals surface area contributed by atoms with Crippen LogP contribution in [-0.2, 0) is 5.91 Å². The second-order valence-corrected chi connectivity index (χ2v) is 11.6. The fourth-order valence-corrected chi connectivity index (χ4v) is 6.40. The molecule has 6 rings (SSSR count). The lowest BCUT2D eigenvalue weighted by atomic mass is 9.92. The van der Waals surface area contributed by atoms with Crippen molar-refractivity contribution in [1.82, 2.24) is 19.4 Å². The summed E-state index contributed by atoms with van der Waals surface area (Å²) in [5.74, 6) is 0.689. The van der Waals surface area contributed by atoms with E-state index in [-0.39, 0.29) is 23.3 Å². The average Bonchev–Trinajstić information content (AvgIpc) is 3.73. The Morgan fingerprint density at radius 1 is 1.03 bits per heavy atom. The number of pyridine rings is 1. The van der Waals surface area contributed by atoms with E-state index in [1.807, 2.05) is 0 Å². The molecule has 1 aromatic carbocycles. The van der Waals surface area contributed by atoms with Crippen molar-refractivity contribution in [2.45, 2.75) is 56.6 Å². The number of aromatic nitrogens is 3. The van der Waals surface area contributed by atoms with Gasteiger partial charge in [-0.25, -0.2) is 9.88 Å². The van der Waals surface area contributed by atoms with Gasteiger partial charge >= 0.3 is 0 Å². The molecule has 0 unspecified atom stereocenters. The van der Waals surface area contributed by atoms with Crippen LogP contribution < -0.4 is 10.9 Å². The van der Waals surface area contributed by atoms with Gasteiger partial charge in [-0.3, -0.25) is 9.36 Å². The minimum absolute atomic E-state index is 0.0882. The minimum Gasteiger partial charge on any atom is -0.393 e. The van der Waals surface area contributed by atoms with E-state index >= 15 is 0 Å². The Kier molecular flexibility index (Phi) is 6.41. The molecule has 2 aromatic heterocycles. The lowest BCUT2D eigenvalue weighted by Crippen LogP contribution is -2.50. The lowest BCUT2D eigenvalue weighted by Gasteiger charge is -2.37. The average molecular weight is 512 g/mol. The van der Waals surface area contributed by atoms with Crippen LogP contribution in [0.4, 0.5) is 5.95 Å². The predicted octanol–water partition coefficient (Wildman–Crippen LogP) is 2.39. The molecule has 3 fully saturated rings. The van der Waals surface area contributed by atoms with Crippen LogP contribution in [0.5, 0.6) is 0 Å². The molecule has 1 aliphatic heterocycles. The summed E-state index contributed by atoms with van der Waals surface area (Å²) in [6.45, 7) is 1.95. The number of nitrogens with one attached hydrogen (secondary N) is 1. The molecule has 3 aliphatic rings. The first kappa shape index (κ1) is 24.1. The van der Waals surface area contributed by atoms with Crippen molar-refractivity contribution in [2.75, 3.05) is 36.5 Å². The van der Waals surface area contributed by atoms with Gasteiger partial charge in [-0.2, -0.15) is 16.7 Å². The SMILES string of the molecule is O=c1c2cc(C(O)(O)N3CCSCC3)ccc2c2cnc(NCC3CC3)nc2n1C1CCC(O)CC1. The Morgan fingerprint density at radius 2 is 1.78 bits per heavy atom. The van der Waals surface area contributed by atoms with E-state index in [9.17, 15) is 20.1 Å². The van der Waals surface area contributed by atoms with Crippen LogP contribution in [0.2, 0.25) is 0 Å². The standard InChI is InChI=1S/C26H33N5O4S/c32-19-6-4-18(5-7-19)31-23-22(15-28-25(29-23)27-14-16-1-2-16)20-8-3-17(13-21(20)24(31)33)26(34,35)30-9-11-36-12-10-30/h3,8,13,15-16,18-19,32,34-35H,1-2,4-7,9-12,14H2,(H,27,28,29). The van der Waals surface area contributed by atoms with Crippen LogP contribution in [0.15, 0.2) is 29.2 Å². The molecule has 0 atom stereocenters. The molecule has 3 aromatic rings. The molecule has 0 radical (unpaired) electrons. The molecular formula is C26H33N5O4S. The molecule has 0 bridgehead atoms. The van der Waals surface area contributed by atoms with Gasteiger partial charge < -0.3 is 20.6 Å². The van der Waals surface area contributed by atoms with Gasteiger partial charge in [0.25, 0.3) is 11.5 Å². The topological polar surface area (TPSA) is 124 Å². The highest BCUT2D eigenvalue weighted by Crippen LogP contribution is 2.34. The van der Waals surface area contributed by atoms with E-state index in [0.29, 0.717) is 67.1 Å². The molecule has 0 amide bonds. The Morgan fingerprint density at radius 3 is 2.50 bits per heavy atom. The first-order valence-corrected chi connectivity index (χ1v) is 14.1. The van der Waals surface area contributed by atoms with E-state index in [4.69, 9.17) is 4.98 Å². The number of aliphatic hydroxyl groups is 3. The largest absolute Gasteiger partial charge is 0.393 e. The van der Waals surface area contributed by atoms with Crippen molar-refractivity contribution >= 4 is 39.5 Å². The second kappa shape index (κ2) is 9.57. The number of fused-ring (bicyclic) bond motifs is 3. The van der Waals surface area contributed by atoms with Gasteiger partial charge in [0.1, 0.15) is 5.65 Å². The van der Waals surface area contributed by atoms with Crippen LogP contribution in [-0.4, -0.2) is 72.0 Å². The molecule has 1 saturated heterocycles. The van der Waals surface area contributed by atoms with Gasteiger partial charge in [-0.15, -0.1) is 0 Å². The van der Waals surface area contributed by atoms with Gasteiger partial charge in [0.2, 0.25) is 5.95 Å². The maximum atomic E-state index is 14.0. The van der Waals surface area contributed by atoms with E-state index in [2.05, 4.69) is 10.3 Å². The molecular weight excluding hydrogens is 478 g/mol. The molecule has 36 heavy (non-hydrogen) atoms. The molecule has 10 heteroatoms. The van der Waals surface area contributed by atoms with Gasteiger partial charge in [-0.1, -0.05) is 12.1 Å². The minimum atomic E-state index is -2.15. The molecule has 0 spiro atoms. The fourth-order valence-electron chi connectivity index (χ4n) is 5.49. The van der Waals surface area contributed by atoms with E-state index in [1.54, 1.807) is 45.6 Å². The Hall–Kier alpha value is -2.24. The number of thioether (sulfide) groups is 1. The summed E-state index contributed by atoms with van der Waals surface area (Å²) in [5.41, 5.74) is 0.674. The normalized spacial score (nSPS) is 23.9. The lowest BCUT2D eigenvalue weighted by molar-refractivity contribution is -0.273. The zero-order valence-corrected chi connectivity index (χ0v) is 21.1. The third kappa shape index (κ3) is 4.50. The van der Waals surface area contributed by atoms with E-state index in [1.165, 1.54) is 12.8 Å². The molecule has 2 saturated carbocycles. The third-order valence-electron chi connectivity index (χ3n) is 7.87. The zero-order chi connectivity index (χ0) is 24.9. The third-order valence-corrected chi connectivity index (χ3v) is 8.81. The zero-order valence-electron chi connectivity index (χ0n) is 20.3. The Balaban J connectivity index is 1.49. The van der Waals surface area contributed by atoms with Crippen molar-refractivity contribution in [3.63, 3.8) is 0 Å². The highest BCUT2D eigenvalue weighted by molar-refractivity contribution is 7.99. The molecule has 9 nitrogen and oxygen atoms in total. The maximum absolute atomic E-state index is 14.0. The van der Waals surface area contributed by atoms with E-state index in [0.717, 1.165) is 23.4 Å². The molecule has 4 N–H and O–H groups in total. The number of hydrogen-bond donors (Lipinski definition) is 4. The van der Waals surface area contributed by atoms with Crippen molar-refractivity contribution in [3.05, 3.63) is 40.3 Å².